The van der Waals surface area contributed by atoms with Gasteiger partial charge in [-0.3, -0.25) is 19.2 Å². The van der Waals surface area contributed by atoms with Gasteiger partial charge in [-0.2, -0.15) is 0 Å². The zero-order valence-electron chi connectivity index (χ0n) is 21.0. The van der Waals surface area contributed by atoms with Crippen molar-refractivity contribution >= 4 is 46.4 Å². The summed E-state index contributed by atoms with van der Waals surface area (Å²) < 4.78 is 0. The van der Waals surface area contributed by atoms with Crippen LogP contribution in [0.5, 0.6) is 0 Å². The molecule has 8 nitrogen and oxygen atoms in total. The molecule has 0 bridgehead atoms. The molecular formula is C27H36N4O4. The molecule has 8 heteroatoms. The van der Waals surface area contributed by atoms with Crippen LogP contribution in [-0.2, 0) is 19.2 Å². The standard InChI is InChI=1S/C27H36N4O4/c1-18-12-14-22(16-24(18)28-20(3)32)30-26(34)10-8-6-5-7-9-11-27(35)31-23-15-13-19(2)25(17-23)29-21(4)33/h12-17H,5-11H2,1-4H3,(H,28,32)(H,29,33)(H,30,34)(H,31,35). The monoisotopic (exact) mass is 480 g/mol. The summed E-state index contributed by atoms with van der Waals surface area (Å²) in [5, 5.41) is 11.3. The van der Waals surface area contributed by atoms with Gasteiger partial charge in [-0.15, -0.1) is 0 Å². The summed E-state index contributed by atoms with van der Waals surface area (Å²) >= 11 is 0. The quantitative estimate of drug-likeness (QED) is 0.299. The highest BCUT2D eigenvalue weighted by molar-refractivity contribution is 5.94. The van der Waals surface area contributed by atoms with E-state index in [2.05, 4.69) is 21.3 Å². The molecule has 0 atom stereocenters. The lowest BCUT2D eigenvalue weighted by Crippen LogP contribution is -2.13. The number of hydrogen-bond donors (Lipinski definition) is 4. The number of aryl methyl sites for hydroxylation is 2. The van der Waals surface area contributed by atoms with Crippen molar-refractivity contribution in [2.24, 2.45) is 0 Å². The molecular weight excluding hydrogens is 444 g/mol. The molecule has 0 aliphatic carbocycles. The third-order valence-electron chi connectivity index (χ3n) is 5.47. The second-order valence-electron chi connectivity index (χ2n) is 8.79. The average molecular weight is 481 g/mol. The van der Waals surface area contributed by atoms with Crippen molar-refractivity contribution in [2.75, 3.05) is 21.3 Å². The van der Waals surface area contributed by atoms with E-state index < -0.39 is 0 Å². The molecule has 0 saturated carbocycles. The van der Waals surface area contributed by atoms with E-state index in [9.17, 15) is 19.2 Å². The van der Waals surface area contributed by atoms with Gasteiger partial charge in [0.05, 0.1) is 0 Å². The molecule has 35 heavy (non-hydrogen) atoms. The van der Waals surface area contributed by atoms with Crippen molar-refractivity contribution < 1.29 is 19.2 Å². The summed E-state index contributed by atoms with van der Waals surface area (Å²) in [6.07, 6.45) is 5.18. The van der Waals surface area contributed by atoms with Gasteiger partial charge in [0, 0.05) is 49.4 Å². The first-order chi connectivity index (χ1) is 16.6. The molecule has 0 unspecified atom stereocenters. The van der Waals surface area contributed by atoms with Gasteiger partial charge in [0.15, 0.2) is 0 Å². The maximum atomic E-state index is 12.2. The van der Waals surface area contributed by atoms with Crippen molar-refractivity contribution in [1.82, 2.24) is 0 Å². The van der Waals surface area contributed by atoms with E-state index >= 15 is 0 Å². The summed E-state index contributed by atoms with van der Waals surface area (Å²) in [5.74, 6) is -0.418. The fourth-order valence-electron chi connectivity index (χ4n) is 3.60. The van der Waals surface area contributed by atoms with Crippen LogP contribution in [0.25, 0.3) is 0 Å². The summed E-state index contributed by atoms with van der Waals surface area (Å²) in [7, 11) is 0. The van der Waals surface area contributed by atoms with E-state index in [4.69, 9.17) is 0 Å². The second-order valence-corrected chi connectivity index (χ2v) is 8.79. The molecule has 4 N–H and O–H groups in total. The van der Waals surface area contributed by atoms with Gasteiger partial charge in [0.25, 0.3) is 0 Å². The van der Waals surface area contributed by atoms with Crippen LogP contribution in [-0.4, -0.2) is 23.6 Å². The van der Waals surface area contributed by atoms with Gasteiger partial charge in [-0.1, -0.05) is 31.4 Å². The molecule has 0 aliphatic rings. The zero-order valence-corrected chi connectivity index (χ0v) is 21.0. The molecule has 2 rings (SSSR count). The van der Waals surface area contributed by atoms with E-state index in [0.717, 1.165) is 43.2 Å². The Morgan fingerprint density at radius 2 is 0.943 bits per heavy atom. The van der Waals surface area contributed by atoms with Gasteiger partial charge in [0.2, 0.25) is 23.6 Å². The molecule has 0 saturated heterocycles. The highest BCUT2D eigenvalue weighted by Crippen LogP contribution is 2.22. The van der Waals surface area contributed by atoms with Crippen LogP contribution in [0.3, 0.4) is 0 Å². The van der Waals surface area contributed by atoms with Gasteiger partial charge in [-0.05, 0) is 62.1 Å². The molecule has 0 fully saturated rings. The maximum absolute atomic E-state index is 12.2. The van der Waals surface area contributed by atoms with Crippen LogP contribution in [0.15, 0.2) is 36.4 Å². The highest BCUT2D eigenvalue weighted by atomic mass is 16.2. The van der Waals surface area contributed by atoms with E-state index in [1.54, 1.807) is 12.1 Å². The van der Waals surface area contributed by atoms with Gasteiger partial charge in [-0.25, -0.2) is 0 Å². The van der Waals surface area contributed by atoms with E-state index in [0.29, 0.717) is 35.6 Å². The lowest BCUT2D eigenvalue weighted by Gasteiger charge is -2.11. The minimum absolute atomic E-state index is 0.0567. The molecule has 0 aromatic heterocycles. The molecule has 2 aromatic rings. The molecule has 2 aromatic carbocycles. The topological polar surface area (TPSA) is 116 Å². The highest BCUT2D eigenvalue weighted by Gasteiger charge is 2.08. The predicted molar refractivity (Wildman–Crippen MR) is 141 cm³/mol. The average Bonchev–Trinajstić information content (AvgIpc) is 2.77. The van der Waals surface area contributed by atoms with Crippen LogP contribution in [0.1, 0.15) is 69.9 Å². The smallest absolute Gasteiger partial charge is 0.224 e. The van der Waals surface area contributed by atoms with E-state index in [1.165, 1.54) is 13.8 Å². The minimum Gasteiger partial charge on any atom is -0.326 e. The number of nitrogens with one attached hydrogen (secondary N) is 4. The number of hydrogen-bond acceptors (Lipinski definition) is 4. The summed E-state index contributed by atoms with van der Waals surface area (Å²) in [6.45, 7) is 6.69. The molecule has 0 heterocycles. The third-order valence-corrected chi connectivity index (χ3v) is 5.47. The second kappa shape index (κ2) is 13.9. The van der Waals surface area contributed by atoms with Gasteiger partial charge < -0.3 is 21.3 Å². The number of benzene rings is 2. The summed E-state index contributed by atoms with van der Waals surface area (Å²) in [6, 6.07) is 10.9. The normalized spacial score (nSPS) is 10.4. The van der Waals surface area contributed by atoms with Gasteiger partial charge >= 0.3 is 0 Å². The Bertz CT molecular complexity index is 982. The first-order valence-corrected chi connectivity index (χ1v) is 12.0. The van der Waals surface area contributed by atoms with Gasteiger partial charge in [0.1, 0.15) is 0 Å². The molecule has 4 amide bonds. The number of carbonyl (C=O) groups is 4. The van der Waals surface area contributed by atoms with Crippen LogP contribution in [0.2, 0.25) is 0 Å². The van der Waals surface area contributed by atoms with Crippen LogP contribution < -0.4 is 21.3 Å². The summed E-state index contributed by atoms with van der Waals surface area (Å²) in [5.41, 5.74) is 4.56. The van der Waals surface area contributed by atoms with Crippen LogP contribution >= 0.6 is 0 Å². The number of amides is 4. The Labute approximate surface area is 207 Å². The summed E-state index contributed by atoms with van der Waals surface area (Å²) in [4.78, 5) is 47.0. The van der Waals surface area contributed by atoms with Crippen LogP contribution in [0.4, 0.5) is 22.7 Å². The van der Waals surface area contributed by atoms with Crippen molar-refractivity contribution in [3.63, 3.8) is 0 Å². The molecule has 188 valence electrons. The lowest BCUT2D eigenvalue weighted by molar-refractivity contribution is -0.117. The number of unbranched alkanes of at least 4 members (excludes halogenated alkanes) is 4. The first-order valence-electron chi connectivity index (χ1n) is 12.0. The van der Waals surface area contributed by atoms with E-state index in [-0.39, 0.29) is 23.6 Å². The fraction of sp³-hybridized carbons (Fsp3) is 0.407. The SMILES string of the molecule is CC(=O)Nc1cc(NC(=O)CCCCCCCC(=O)Nc2ccc(C)c(NC(C)=O)c2)ccc1C. The van der Waals surface area contributed by atoms with E-state index in [1.807, 2.05) is 38.1 Å². The molecule has 0 radical (unpaired) electrons. The Morgan fingerprint density at radius 3 is 1.31 bits per heavy atom. The largest absolute Gasteiger partial charge is 0.326 e. The predicted octanol–water partition coefficient (Wildman–Crippen LogP) is 5.53. The number of anilines is 4. The Morgan fingerprint density at radius 1 is 0.571 bits per heavy atom. The Hall–Kier alpha value is -3.68. The van der Waals surface area contributed by atoms with Crippen LogP contribution in [0, 0.1) is 13.8 Å². The van der Waals surface area contributed by atoms with Crippen molar-refractivity contribution in [2.45, 2.75) is 72.6 Å². The van der Waals surface area contributed by atoms with Crippen molar-refractivity contribution in [3.8, 4) is 0 Å². The lowest BCUT2D eigenvalue weighted by atomic mass is 10.1. The third kappa shape index (κ3) is 10.4. The Balaban J connectivity index is 1.62. The minimum atomic E-state index is -0.152. The van der Waals surface area contributed by atoms with Crippen molar-refractivity contribution in [1.29, 1.82) is 0 Å². The molecule has 0 aliphatic heterocycles. The van der Waals surface area contributed by atoms with Crippen molar-refractivity contribution in [3.05, 3.63) is 47.5 Å². The fourth-order valence-corrected chi connectivity index (χ4v) is 3.60. The molecule has 0 spiro atoms. The number of carbonyl (C=O) groups excluding carboxylic acids is 4. The maximum Gasteiger partial charge on any atom is 0.224 e. The Kier molecular flexibility index (Phi) is 10.9. The number of rotatable bonds is 12. The zero-order chi connectivity index (χ0) is 25.8. The first kappa shape index (κ1) is 27.6.